The number of aromatic amines is 1. The zero-order valence-corrected chi connectivity index (χ0v) is 17.5. The van der Waals surface area contributed by atoms with Crippen molar-refractivity contribution in [3.63, 3.8) is 0 Å². The summed E-state index contributed by atoms with van der Waals surface area (Å²) in [6, 6.07) is 6.80. The van der Waals surface area contributed by atoms with E-state index in [-0.39, 0.29) is 23.5 Å². The standard InChI is InChI=1S/C24H23F2N3O2/c1-11(2)23-19(13-7-14(8-13)24(30)31)20-18(9-15-10-27-28-22(15)21(20)26)29(23)16-4-5-17(25)12(3)6-16/h4-6,9-11,13-14H,7-8H2,1-3H3,(H,27,28)(H,30,31). The normalized spacial score (nSPS) is 18.8. The molecule has 0 amide bonds. The monoisotopic (exact) mass is 423 g/mol. The maximum atomic E-state index is 15.8. The third-order valence-corrected chi connectivity index (χ3v) is 6.53. The quantitative estimate of drug-likeness (QED) is 0.436. The van der Waals surface area contributed by atoms with Crippen LogP contribution in [0.5, 0.6) is 0 Å². The van der Waals surface area contributed by atoms with Crippen molar-refractivity contribution < 1.29 is 18.7 Å². The molecule has 0 unspecified atom stereocenters. The third-order valence-electron chi connectivity index (χ3n) is 6.53. The molecule has 1 saturated carbocycles. The van der Waals surface area contributed by atoms with E-state index in [0.717, 1.165) is 16.9 Å². The highest BCUT2D eigenvalue weighted by Gasteiger charge is 2.40. The van der Waals surface area contributed by atoms with Gasteiger partial charge in [0, 0.05) is 22.2 Å². The SMILES string of the molecule is Cc1cc(-n2c(C(C)C)c(C3CC(C(=O)O)C3)c3c(F)c4[nH]ncc4cc32)ccc1F. The topological polar surface area (TPSA) is 70.9 Å². The molecule has 0 spiro atoms. The van der Waals surface area contributed by atoms with Gasteiger partial charge in [0.05, 0.1) is 17.6 Å². The predicted octanol–water partition coefficient (Wildman–Crippen LogP) is 5.80. The van der Waals surface area contributed by atoms with Gasteiger partial charge in [0.1, 0.15) is 11.3 Å². The van der Waals surface area contributed by atoms with E-state index in [2.05, 4.69) is 10.2 Å². The number of carboxylic acids is 1. The van der Waals surface area contributed by atoms with Crippen LogP contribution in [0.2, 0.25) is 0 Å². The third kappa shape index (κ3) is 2.86. The van der Waals surface area contributed by atoms with E-state index in [4.69, 9.17) is 0 Å². The number of nitrogens with one attached hydrogen (secondary N) is 1. The van der Waals surface area contributed by atoms with Gasteiger partial charge >= 0.3 is 5.97 Å². The predicted molar refractivity (Wildman–Crippen MR) is 115 cm³/mol. The lowest BCUT2D eigenvalue weighted by Gasteiger charge is -2.34. The van der Waals surface area contributed by atoms with E-state index in [1.807, 2.05) is 24.5 Å². The Bertz CT molecular complexity index is 1350. The molecule has 31 heavy (non-hydrogen) atoms. The fourth-order valence-electron chi connectivity index (χ4n) is 4.93. The van der Waals surface area contributed by atoms with Crippen LogP contribution in [-0.2, 0) is 4.79 Å². The molecule has 2 aromatic carbocycles. The number of nitrogens with zero attached hydrogens (tertiary/aromatic N) is 2. The Morgan fingerprint density at radius 1 is 1.26 bits per heavy atom. The minimum absolute atomic E-state index is 0.0429. The summed E-state index contributed by atoms with van der Waals surface area (Å²) in [5.74, 6) is -1.88. The van der Waals surface area contributed by atoms with Crippen molar-refractivity contribution in [3.8, 4) is 5.69 Å². The van der Waals surface area contributed by atoms with Crippen LogP contribution < -0.4 is 0 Å². The minimum atomic E-state index is -0.809. The van der Waals surface area contributed by atoms with Crippen molar-refractivity contribution in [3.05, 3.63) is 58.9 Å². The van der Waals surface area contributed by atoms with Gasteiger partial charge in [-0.25, -0.2) is 8.78 Å². The number of aliphatic carboxylic acids is 1. The van der Waals surface area contributed by atoms with Crippen molar-refractivity contribution in [1.82, 2.24) is 14.8 Å². The average Bonchev–Trinajstić information content (AvgIpc) is 3.26. The molecule has 0 radical (unpaired) electrons. The molecular formula is C24H23F2N3O2. The summed E-state index contributed by atoms with van der Waals surface area (Å²) in [5.41, 5.74) is 4.10. The van der Waals surface area contributed by atoms with Crippen molar-refractivity contribution in [1.29, 1.82) is 0 Å². The number of carboxylic acid groups (broad SMARTS) is 1. The lowest BCUT2D eigenvalue weighted by molar-refractivity contribution is -0.145. The number of benzene rings is 2. The van der Waals surface area contributed by atoms with Gasteiger partial charge in [0.25, 0.3) is 0 Å². The molecule has 0 bridgehead atoms. The van der Waals surface area contributed by atoms with E-state index in [1.54, 1.807) is 25.3 Å². The van der Waals surface area contributed by atoms with Crippen LogP contribution in [-0.4, -0.2) is 25.8 Å². The summed E-state index contributed by atoms with van der Waals surface area (Å²) in [7, 11) is 0. The van der Waals surface area contributed by atoms with Crippen molar-refractivity contribution in [2.45, 2.75) is 45.4 Å². The molecule has 5 nitrogen and oxygen atoms in total. The molecule has 2 N–H and O–H groups in total. The largest absolute Gasteiger partial charge is 0.481 e. The second-order valence-electron chi connectivity index (χ2n) is 8.84. The smallest absolute Gasteiger partial charge is 0.306 e. The van der Waals surface area contributed by atoms with E-state index >= 15 is 4.39 Å². The van der Waals surface area contributed by atoms with Crippen LogP contribution in [0.1, 0.15) is 55.3 Å². The maximum absolute atomic E-state index is 15.8. The van der Waals surface area contributed by atoms with Gasteiger partial charge in [-0.05, 0) is 67.0 Å². The summed E-state index contributed by atoms with van der Waals surface area (Å²) in [6.07, 6.45) is 2.55. The van der Waals surface area contributed by atoms with Crippen molar-refractivity contribution in [2.75, 3.05) is 0 Å². The summed E-state index contributed by atoms with van der Waals surface area (Å²) in [6.45, 7) is 5.80. The number of aromatic nitrogens is 3. The second-order valence-corrected chi connectivity index (χ2v) is 8.84. The molecule has 1 fully saturated rings. The second kappa shape index (κ2) is 6.90. The van der Waals surface area contributed by atoms with Crippen molar-refractivity contribution in [2.24, 2.45) is 5.92 Å². The zero-order valence-electron chi connectivity index (χ0n) is 17.5. The fourth-order valence-corrected chi connectivity index (χ4v) is 4.93. The lowest BCUT2D eigenvalue weighted by Crippen LogP contribution is -2.29. The molecule has 2 aromatic heterocycles. The van der Waals surface area contributed by atoms with Gasteiger partial charge in [0.15, 0.2) is 5.82 Å². The van der Waals surface area contributed by atoms with Crippen LogP contribution in [0.25, 0.3) is 27.5 Å². The Labute approximate surface area is 177 Å². The lowest BCUT2D eigenvalue weighted by atomic mass is 9.70. The number of H-pyrrole nitrogens is 1. The van der Waals surface area contributed by atoms with Crippen LogP contribution in [0.4, 0.5) is 8.78 Å². The molecule has 7 heteroatoms. The Morgan fingerprint density at radius 2 is 2.00 bits per heavy atom. The molecular weight excluding hydrogens is 400 g/mol. The first-order valence-electron chi connectivity index (χ1n) is 10.5. The van der Waals surface area contributed by atoms with Gasteiger partial charge in [-0.15, -0.1) is 0 Å². The molecule has 5 rings (SSSR count). The Hall–Kier alpha value is -3.22. The summed E-state index contributed by atoms with van der Waals surface area (Å²) in [5, 5.41) is 17.3. The number of carbonyl (C=O) groups is 1. The fraction of sp³-hybridized carbons (Fsp3) is 0.333. The Kier molecular flexibility index (Phi) is 4.39. The summed E-state index contributed by atoms with van der Waals surface area (Å²) in [4.78, 5) is 11.4. The molecule has 1 aliphatic carbocycles. The Morgan fingerprint density at radius 3 is 2.65 bits per heavy atom. The van der Waals surface area contributed by atoms with Gasteiger partial charge in [0.2, 0.25) is 0 Å². The first-order chi connectivity index (χ1) is 14.8. The Balaban J connectivity index is 1.87. The van der Waals surface area contributed by atoms with Gasteiger partial charge < -0.3 is 9.67 Å². The van der Waals surface area contributed by atoms with Crippen LogP contribution >= 0.6 is 0 Å². The van der Waals surface area contributed by atoms with Gasteiger partial charge in [-0.2, -0.15) is 5.10 Å². The highest BCUT2D eigenvalue weighted by Crippen LogP contribution is 2.50. The maximum Gasteiger partial charge on any atom is 0.306 e. The number of aryl methyl sites for hydroxylation is 1. The molecule has 0 aliphatic heterocycles. The first-order valence-corrected chi connectivity index (χ1v) is 10.5. The summed E-state index contributed by atoms with van der Waals surface area (Å²) >= 11 is 0. The zero-order chi connectivity index (χ0) is 22.0. The average molecular weight is 423 g/mol. The van der Waals surface area contributed by atoms with Crippen LogP contribution in [0.3, 0.4) is 0 Å². The molecule has 1 aliphatic rings. The van der Waals surface area contributed by atoms with Crippen LogP contribution in [0.15, 0.2) is 30.5 Å². The number of halogens is 2. The van der Waals surface area contributed by atoms with E-state index in [0.29, 0.717) is 40.2 Å². The number of hydrogen-bond acceptors (Lipinski definition) is 2. The van der Waals surface area contributed by atoms with Gasteiger partial charge in [-0.1, -0.05) is 13.8 Å². The molecule has 160 valence electrons. The summed E-state index contributed by atoms with van der Waals surface area (Å²) < 4.78 is 31.8. The van der Waals surface area contributed by atoms with Crippen molar-refractivity contribution >= 4 is 27.8 Å². The molecule has 2 heterocycles. The first kappa shape index (κ1) is 19.7. The number of hydrogen-bond donors (Lipinski definition) is 2. The number of rotatable bonds is 4. The highest BCUT2D eigenvalue weighted by molar-refractivity contribution is 6.00. The minimum Gasteiger partial charge on any atom is -0.481 e. The van der Waals surface area contributed by atoms with Gasteiger partial charge in [-0.3, -0.25) is 9.89 Å². The molecule has 0 saturated heterocycles. The van der Waals surface area contributed by atoms with E-state index < -0.39 is 11.9 Å². The molecule has 0 atom stereocenters. The van der Waals surface area contributed by atoms with E-state index in [1.165, 1.54) is 6.07 Å². The number of fused-ring (bicyclic) bond motifs is 2. The van der Waals surface area contributed by atoms with Crippen LogP contribution in [0, 0.1) is 24.5 Å². The van der Waals surface area contributed by atoms with E-state index in [9.17, 15) is 14.3 Å². The molecule has 4 aromatic rings. The highest BCUT2D eigenvalue weighted by atomic mass is 19.1.